The minimum Gasteiger partial charge on any atom is -0.497 e. The van der Waals surface area contributed by atoms with Crippen LogP contribution in [0.3, 0.4) is 0 Å². The second-order valence-corrected chi connectivity index (χ2v) is 6.39. The summed E-state index contributed by atoms with van der Waals surface area (Å²) in [6.07, 6.45) is 0. The molecule has 0 amide bonds. The Bertz CT molecular complexity index is 644. The Kier molecular flexibility index (Phi) is 4.08. The lowest BCUT2D eigenvalue weighted by atomic mass is 10.1. The van der Waals surface area contributed by atoms with Crippen molar-refractivity contribution in [1.29, 1.82) is 0 Å². The van der Waals surface area contributed by atoms with Gasteiger partial charge in [-0.15, -0.1) is 0 Å². The summed E-state index contributed by atoms with van der Waals surface area (Å²) < 4.78 is 5.36. The quantitative estimate of drug-likeness (QED) is 0.927. The van der Waals surface area contributed by atoms with Crippen molar-refractivity contribution in [2.45, 2.75) is 16.7 Å². The smallest absolute Gasteiger partial charge is 0.121 e. The number of hydrogen-bond donors (Lipinski definition) is 1. The maximum absolute atomic E-state index is 9.41. The average Bonchev–Trinajstić information content (AvgIpc) is 2.54. The molecule has 21 heavy (non-hydrogen) atoms. The molecule has 1 unspecified atom stereocenters. The van der Waals surface area contributed by atoms with Gasteiger partial charge in [-0.2, -0.15) is 0 Å². The predicted octanol–water partition coefficient (Wildman–Crippen LogP) is 3.93. The molecule has 3 nitrogen and oxygen atoms in total. The number of benzene rings is 2. The zero-order valence-corrected chi connectivity index (χ0v) is 13.1. The highest BCUT2D eigenvalue weighted by Crippen LogP contribution is 2.49. The highest BCUT2D eigenvalue weighted by molar-refractivity contribution is 7.99. The van der Waals surface area contributed by atoms with Crippen LogP contribution in [0.1, 0.15) is 6.92 Å². The van der Waals surface area contributed by atoms with Gasteiger partial charge in [0.05, 0.1) is 18.5 Å². The van der Waals surface area contributed by atoms with Crippen LogP contribution in [0.4, 0.5) is 11.4 Å². The summed E-state index contributed by atoms with van der Waals surface area (Å²) in [5.41, 5.74) is 2.35. The fourth-order valence-corrected chi connectivity index (χ4v) is 3.58. The van der Waals surface area contributed by atoms with Gasteiger partial charge in [-0.05, 0) is 30.2 Å². The van der Waals surface area contributed by atoms with Crippen LogP contribution in [0.25, 0.3) is 0 Å². The molecule has 0 bridgehead atoms. The van der Waals surface area contributed by atoms with Gasteiger partial charge < -0.3 is 14.7 Å². The standard InChI is InChI=1S/C17H19NO2S/c1-12(11-19)10-18-14-5-3-4-6-16(14)21-17-8-7-13(20-2)9-15(17)18/h3-9,12,19H,10-11H2,1-2H3. The molecule has 0 radical (unpaired) electrons. The van der Waals surface area contributed by atoms with Crippen molar-refractivity contribution in [2.75, 3.05) is 25.2 Å². The van der Waals surface area contributed by atoms with Gasteiger partial charge in [0.25, 0.3) is 0 Å². The van der Waals surface area contributed by atoms with E-state index in [1.54, 1.807) is 18.9 Å². The number of aliphatic hydroxyl groups is 1. The van der Waals surface area contributed by atoms with Gasteiger partial charge >= 0.3 is 0 Å². The summed E-state index contributed by atoms with van der Waals surface area (Å²) in [6.45, 7) is 3.03. The van der Waals surface area contributed by atoms with Crippen molar-refractivity contribution in [3.05, 3.63) is 42.5 Å². The first-order chi connectivity index (χ1) is 10.2. The largest absolute Gasteiger partial charge is 0.497 e. The van der Waals surface area contributed by atoms with Crippen LogP contribution in [0.15, 0.2) is 52.3 Å². The topological polar surface area (TPSA) is 32.7 Å². The van der Waals surface area contributed by atoms with Crippen LogP contribution in [-0.4, -0.2) is 25.4 Å². The van der Waals surface area contributed by atoms with Crippen molar-refractivity contribution in [3.8, 4) is 5.75 Å². The van der Waals surface area contributed by atoms with E-state index in [4.69, 9.17) is 4.74 Å². The van der Waals surface area contributed by atoms with Gasteiger partial charge in [-0.3, -0.25) is 0 Å². The highest BCUT2D eigenvalue weighted by atomic mass is 32.2. The molecule has 110 valence electrons. The number of hydrogen-bond acceptors (Lipinski definition) is 4. The Balaban J connectivity index is 2.07. The zero-order valence-electron chi connectivity index (χ0n) is 12.2. The molecular formula is C17H19NO2S. The zero-order chi connectivity index (χ0) is 14.8. The Labute approximate surface area is 129 Å². The molecule has 1 heterocycles. The van der Waals surface area contributed by atoms with E-state index in [2.05, 4.69) is 48.2 Å². The summed E-state index contributed by atoms with van der Waals surface area (Å²) in [4.78, 5) is 4.75. The lowest BCUT2D eigenvalue weighted by Crippen LogP contribution is -2.27. The van der Waals surface area contributed by atoms with Crippen LogP contribution in [-0.2, 0) is 0 Å². The molecule has 1 atom stereocenters. The minimum absolute atomic E-state index is 0.186. The molecule has 1 aliphatic heterocycles. The summed E-state index contributed by atoms with van der Waals surface area (Å²) in [7, 11) is 1.69. The van der Waals surface area contributed by atoms with Crippen molar-refractivity contribution < 1.29 is 9.84 Å². The van der Waals surface area contributed by atoms with E-state index in [1.807, 2.05) is 6.07 Å². The maximum Gasteiger partial charge on any atom is 0.121 e. The molecule has 0 saturated carbocycles. The number of para-hydroxylation sites is 1. The molecule has 0 saturated heterocycles. The van der Waals surface area contributed by atoms with Crippen LogP contribution in [0.5, 0.6) is 5.75 Å². The third-order valence-electron chi connectivity index (χ3n) is 3.64. The lowest BCUT2D eigenvalue weighted by molar-refractivity contribution is 0.241. The molecular weight excluding hydrogens is 282 g/mol. The van der Waals surface area contributed by atoms with Gasteiger partial charge in [0.2, 0.25) is 0 Å². The maximum atomic E-state index is 9.41. The second kappa shape index (κ2) is 6.00. The van der Waals surface area contributed by atoms with E-state index < -0.39 is 0 Å². The summed E-state index contributed by atoms with van der Waals surface area (Å²) >= 11 is 1.78. The Hall–Kier alpha value is -1.65. The number of rotatable bonds is 4. The molecule has 0 aliphatic carbocycles. The molecule has 1 N–H and O–H groups in total. The summed E-state index contributed by atoms with van der Waals surface area (Å²) in [6, 6.07) is 14.6. The van der Waals surface area contributed by atoms with Crippen LogP contribution in [0, 0.1) is 5.92 Å². The minimum atomic E-state index is 0.186. The Morgan fingerprint density at radius 1 is 1.14 bits per heavy atom. The van der Waals surface area contributed by atoms with Crippen LogP contribution in [0.2, 0.25) is 0 Å². The first-order valence-electron chi connectivity index (χ1n) is 7.06. The first-order valence-corrected chi connectivity index (χ1v) is 7.88. The molecule has 0 aromatic heterocycles. The van der Waals surface area contributed by atoms with Gasteiger partial charge in [-0.25, -0.2) is 0 Å². The highest BCUT2D eigenvalue weighted by Gasteiger charge is 2.24. The van der Waals surface area contributed by atoms with E-state index >= 15 is 0 Å². The number of anilines is 2. The Morgan fingerprint density at radius 3 is 2.67 bits per heavy atom. The average molecular weight is 301 g/mol. The monoisotopic (exact) mass is 301 g/mol. The molecule has 0 fully saturated rings. The SMILES string of the molecule is COc1ccc2c(c1)N(CC(C)CO)c1ccccc1S2. The van der Waals surface area contributed by atoms with Crippen molar-refractivity contribution in [2.24, 2.45) is 5.92 Å². The first kappa shape index (κ1) is 14.3. The van der Waals surface area contributed by atoms with Crippen molar-refractivity contribution in [1.82, 2.24) is 0 Å². The second-order valence-electron chi connectivity index (χ2n) is 5.30. The van der Waals surface area contributed by atoms with Crippen molar-refractivity contribution in [3.63, 3.8) is 0 Å². The third-order valence-corrected chi connectivity index (χ3v) is 4.77. The van der Waals surface area contributed by atoms with Crippen molar-refractivity contribution >= 4 is 23.1 Å². The number of ether oxygens (including phenoxy) is 1. The third kappa shape index (κ3) is 2.74. The molecule has 4 heteroatoms. The molecule has 2 aromatic carbocycles. The molecule has 3 rings (SSSR count). The van der Waals surface area contributed by atoms with Gasteiger partial charge in [0.1, 0.15) is 5.75 Å². The summed E-state index contributed by atoms with van der Waals surface area (Å²) in [5.74, 6) is 1.07. The lowest BCUT2D eigenvalue weighted by Gasteiger charge is -2.34. The van der Waals surface area contributed by atoms with Gasteiger partial charge in [0, 0.05) is 29.0 Å². The number of aliphatic hydroxyl groups excluding tert-OH is 1. The number of methoxy groups -OCH3 is 1. The fraction of sp³-hybridized carbons (Fsp3) is 0.294. The van der Waals surface area contributed by atoms with E-state index in [9.17, 15) is 5.11 Å². The van der Waals surface area contributed by atoms with Gasteiger partial charge in [-0.1, -0.05) is 30.8 Å². The predicted molar refractivity (Wildman–Crippen MR) is 86.8 cm³/mol. The number of nitrogens with zero attached hydrogens (tertiary/aromatic N) is 1. The van der Waals surface area contributed by atoms with E-state index in [0.29, 0.717) is 0 Å². The fourth-order valence-electron chi connectivity index (χ4n) is 2.50. The molecule has 2 aromatic rings. The summed E-state index contributed by atoms with van der Waals surface area (Å²) in [5, 5.41) is 9.41. The van der Waals surface area contributed by atoms with Crippen LogP contribution >= 0.6 is 11.8 Å². The van der Waals surface area contributed by atoms with E-state index in [0.717, 1.165) is 18.0 Å². The van der Waals surface area contributed by atoms with Gasteiger partial charge in [0.15, 0.2) is 0 Å². The normalized spacial score (nSPS) is 14.3. The van der Waals surface area contributed by atoms with E-state index in [-0.39, 0.29) is 12.5 Å². The molecule has 0 spiro atoms. The number of fused-ring (bicyclic) bond motifs is 2. The Morgan fingerprint density at radius 2 is 1.90 bits per heavy atom. The van der Waals surface area contributed by atoms with Crippen LogP contribution < -0.4 is 9.64 Å². The molecule has 1 aliphatic rings. The van der Waals surface area contributed by atoms with E-state index in [1.165, 1.54) is 15.5 Å².